The maximum atomic E-state index is 11.9. The van der Waals surface area contributed by atoms with Crippen LogP contribution in [0.2, 0.25) is 0 Å². The zero-order valence-corrected chi connectivity index (χ0v) is 12.6. The van der Waals surface area contributed by atoms with E-state index in [9.17, 15) is 18.0 Å². The molecule has 1 saturated heterocycles. The molecule has 2 amide bonds. The first kappa shape index (κ1) is 16.9. The first-order valence-corrected chi connectivity index (χ1v) is 8.65. The Morgan fingerprint density at radius 2 is 2.05 bits per heavy atom. The Morgan fingerprint density at radius 3 is 2.55 bits per heavy atom. The van der Waals surface area contributed by atoms with Crippen molar-refractivity contribution >= 4 is 21.7 Å². The molecule has 1 aliphatic heterocycles. The van der Waals surface area contributed by atoms with Crippen LogP contribution in [0.15, 0.2) is 0 Å². The maximum absolute atomic E-state index is 11.9. The molecule has 20 heavy (non-hydrogen) atoms. The number of sulfone groups is 1. The maximum Gasteiger partial charge on any atom is 0.234 e. The first-order chi connectivity index (χ1) is 9.32. The molecule has 7 nitrogen and oxygen atoms in total. The van der Waals surface area contributed by atoms with E-state index in [1.54, 1.807) is 4.90 Å². The highest BCUT2D eigenvalue weighted by Crippen LogP contribution is 2.11. The molecule has 0 saturated carbocycles. The van der Waals surface area contributed by atoms with Crippen LogP contribution in [0.1, 0.15) is 26.2 Å². The number of amides is 2. The summed E-state index contributed by atoms with van der Waals surface area (Å²) >= 11 is 0. The average Bonchev–Trinajstić information content (AvgIpc) is 2.64. The van der Waals surface area contributed by atoms with Crippen molar-refractivity contribution in [1.82, 2.24) is 10.2 Å². The molecule has 1 rings (SSSR count). The second-order valence-electron chi connectivity index (χ2n) is 5.20. The number of hydrogen-bond acceptors (Lipinski definition) is 5. The highest BCUT2D eigenvalue weighted by molar-refractivity contribution is 7.91. The topological polar surface area (TPSA) is 110 Å². The van der Waals surface area contributed by atoms with Crippen LogP contribution in [-0.2, 0) is 19.4 Å². The fourth-order valence-corrected chi connectivity index (χ4v) is 3.87. The molecule has 1 atom stereocenters. The van der Waals surface area contributed by atoms with Gasteiger partial charge in [0.1, 0.15) is 0 Å². The number of rotatable bonds is 8. The Hall–Kier alpha value is -1.15. The third-order valence-corrected chi connectivity index (χ3v) is 4.94. The molecule has 3 N–H and O–H groups in total. The zero-order valence-electron chi connectivity index (χ0n) is 11.8. The summed E-state index contributed by atoms with van der Waals surface area (Å²) in [5.74, 6) is -0.607. The van der Waals surface area contributed by atoms with Gasteiger partial charge in [0.15, 0.2) is 9.84 Å². The Labute approximate surface area is 119 Å². The molecule has 8 heteroatoms. The number of nitrogens with two attached hydrogens (primary N) is 1. The van der Waals surface area contributed by atoms with E-state index in [1.165, 1.54) is 0 Å². The van der Waals surface area contributed by atoms with Gasteiger partial charge in [-0.3, -0.25) is 14.5 Å². The van der Waals surface area contributed by atoms with Gasteiger partial charge >= 0.3 is 0 Å². The molecule has 0 aromatic rings. The molecule has 0 radical (unpaired) electrons. The average molecular weight is 305 g/mol. The standard InChI is InChI=1S/C12H23N3O4S/c1-2-3-5-15(7-11(13)16)8-12(17)14-10-4-6-20(18,19)9-10/h10H,2-9H2,1H3,(H2,13,16)(H,14,17)/t10-/m1/s1. The van der Waals surface area contributed by atoms with Crippen molar-refractivity contribution in [2.24, 2.45) is 5.73 Å². The fourth-order valence-electron chi connectivity index (χ4n) is 2.20. The minimum atomic E-state index is -3.01. The lowest BCUT2D eigenvalue weighted by molar-refractivity contribution is -0.124. The largest absolute Gasteiger partial charge is 0.369 e. The Bertz CT molecular complexity index is 450. The number of unbranched alkanes of at least 4 members (excludes halogenated alkanes) is 1. The Balaban J connectivity index is 2.43. The molecule has 0 unspecified atom stereocenters. The van der Waals surface area contributed by atoms with Gasteiger partial charge < -0.3 is 11.1 Å². The second-order valence-corrected chi connectivity index (χ2v) is 7.43. The third-order valence-electron chi connectivity index (χ3n) is 3.17. The lowest BCUT2D eigenvalue weighted by Crippen LogP contribution is -2.45. The van der Waals surface area contributed by atoms with E-state index in [0.717, 1.165) is 12.8 Å². The summed E-state index contributed by atoms with van der Waals surface area (Å²) in [7, 11) is -3.01. The quantitative estimate of drug-likeness (QED) is 0.590. The number of hydrogen-bond donors (Lipinski definition) is 2. The molecule has 0 spiro atoms. The lowest BCUT2D eigenvalue weighted by atomic mass is 10.2. The van der Waals surface area contributed by atoms with Crippen LogP contribution >= 0.6 is 0 Å². The Kier molecular flexibility index (Phi) is 6.41. The SMILES string of the molecule is CCCCN(CC(N)=O)CC(=O)N[C@@H]1CCS(=O)(=O)C1. The molecular formula is C12H23N3O4S. The van der Waals surface area contributed by atoms with Crippen molar-refractivity contribution in [1.29, 1.82) is 0 Å². The number of nitrogens with one attached hydrogen (secondary N) is 1. The van der Waals surface area contributed by atoms with Crippen LogP contribution in [0.3, 0.4) is 0 Å². The van der Waals surface area contributed by atoms with Gasteiger partial charge in [-0.1, -0.05) is 13.3 Å². The van der Waals surface area contributed by atoms with Crippen LogP contribution < -0.4 is 11.1 Å². The molecule has 1 heterocycles. The second kappa shape index (κ2) is 7.58. The summed E-state index contributed by atoms with van der Waals surface area (Å²) in [6, 6.07) is -0.311. The van der Waals surface area contributed by atoms with Crippen LogP contribution in [0.25, 0.3) is 0 Å². The van der Waals surface area contributed by atoms with Gasteiger partial charge in [0, 0.05) is 6.04 Å². The van der Waals surface area contributed by atoms with Gasteiger partial charge in [0.05, 0.1) is 24.6 Å². The van der Waals surface area contributed by atoms with Crippen LogP contribution in [0, 0.1) is 0 Å². The van der Waals surface area contributed by atoms with E-state index >= 15 is 0 Å². The van der Waals surface area contributed by atoms with E-state index < -0.39 is 15.7 Å². The van der Waals surface area contributed by atoms with E-state index in [0.29, 0.717) is 13.0 Å². The van der Waals surface area contributed by atoms with Gasteiger partial charge in [0.2, 0.25) is 11.8 Å². The van der Waals surface area contributed by atoms with Gasteiger partial charge in [-0.05, 0) is 19.4 Å². The van der Waals surface area contributed by atoms with E-state index in [4.69, 9.17) is 5.73 Å². The van der Waals surface area contributed by atoms with Gasteiger partial charge in [-0.2, -0.15) is 0 Å². The van der Waals surface area contributed by atoms with E-state index in [-0.39, 0.29) is 36.5 Å². The predicted molar refractivity (Wildman–Crippen MR) is 75.7 cm³/mol. The monoisotopic (exact) mass is 305 g/mol. The van der Waals surface area contributed by atoms with Crippen LogP contribution in [-0.4, -0.2) is 62.3 Å². The summed E-state index contributed by atoms with van der Waals surface area (Å²) < 4.78 is 22.6. The van der Waals surface area contributed by atoms with Crippen molar-refractivity contribution in [3.05, 3.63) is 0 Å². The Morgan fingerprint density at radius 1 is 1.35 bits per heavy atom. The minimum absolute atomic E-state index is 0.00349. The lowest BCUT2D eigenvalue weighted by Gasteiger charge is -2.21. The van der Waals surface area contributed by atoms with Crippen molar-refractivity contribution in [3.8, 4) is 0 Å². The molecule has 1 aliphatic rings. The van der Waals surface area contributed by atoms with Crippen LogP contribution in [0.4, 0.5) is 0 Å². The third kappa shape index (κ3) is 6.33. The summed E-state index contributed by atoms with van der Waals surface area (Å²) in [5.41, 5.74) is 5.15. The van der Waals surface area contributed by atoms with Crippen molar-refractivity contribution in [2.45, 2.75) is 32.2 Å². The number of carbonyl (C=O) groups is 2. The zero-order chi connectivity index (χ0) is 15.2. The molecule has 116 valence electrons. The van der Waals surface area contributed by atoms with Crippen molar-refractivity contribution in [3.63, 3.8) is 0 Å². The number of nitrogens with zero attached hydrogens (tertiary/aromatic N) is 1. The fraction of sp³-hybridized carbons (Fsp3) is 0.833. The smallest absolute Gasteiger partial charge is 0.234 e. The summed E-state index contributed by atoms with van der Waals surface area (Å²) in [6.07, 6.45) is 2.29. The predicted octanol–water partition coefficient (Wildman–Crippen LogP) is -1.12. The highest BCUT2D eigenvalue weighted by atomic mass is 32.2. The normalized spacial score (nSPS) is 21.0. The summed E-state index contributed by atoms with van der Waals surface area (Å²) in [5, 5.41) is 2.70. The molecule has 0 aromatic heterocycles. The highest BCUT2D eigenvalue weighted by Gasteiger charge is 2.29. The van der Waals surface area contributed by atoms with Crippen molar-refractivity contribution in [2.75, 3.05) is 31.1 Å². The van der Waals surface area contributed by atoms with Gasteiger partial charge in [0.25, 0.3) is 0 Å². The summed E-state index contributed by atoms with van der Waals surface area (Å²) in [6.45, 7) is 2.75. The molecule has 0 aliphatic carbocycles. The number of primary amides is 1. The van der Waals surface area contributed by atoms with E-state index in [1.807, 2.05) is 6.92 Å². The van der Waals surface area contributed by atoms with E-state index in [2.05, 4.69) is 5.32 Å². The summed E-state index contributed by atoms with van der Waals surface area (Å²) in [4.78, 5) is 24.5. The molecule has 0 aromatic carbocycles. The minimum Gasteiger partial charge on any atom is -0.369 e. The van der Waals surface area contributed by atoms with Crippen molar-refractivity contribution < 1.29 is 18.0 Å². The van der Waals surface area contributed by atoms with Crippen LogP contribution in [0.5, 0.6) is 0 Å². The number of carbonyl (C=O) groups excluding carboxylic acids is 2. The molecular weight excluding hydrogens is 282 g/mol. The molecule has 1 fully saturated rings. The first-order valence-electron chi connectivity index (χ1n) is 6.83. The van der Waals surface area contributed by atoms with Gasteiger partial charge in [-0.25, -0.2) is 8.42 Å². The van der Waals surface area contributed by atoms with Gasteiger partial charge in [-0.15, -0.1) is 0 Å². The molecule has 0 bridgehead atoms.